The maximum Gasteiger partial charge on any atom is 0.256 e. The quantitative estimate of drug-likeness (QED) is 0.406. The van der Waals surface area contributed by atoms with E-state index in [9.17, 15) is 9.59 Å². The van der Waals surface area contributed by atoms with Gasteiger partial charge < -0.3 is 5.32 Å². The van der Waals surface area contributed by atoms with E-state index < -0.39 is 6.04 Å². The molecule has 6 heteroatoms. The van der Waals surface area contributed by atoms with Gasteiger partial charge in [-0.3, -0.25) is 15.0 Å². The number of hydrogen-bond donors (Lipinski definition) is 3. The summed E-state index contributed by atoms with van der Waals surface area (Å²) < 4.78 is 0. The highest BCUT2D eigenvalue weighted by Crippen LogP contribution is 2.08. The fraction of sp³-hybridized carbons (Fsp3) is 0.500. The molecule has 0 saturated heterocycles. The monoisotopic (exact) mass is 269 g/mol. The summed E-state index contributed by atoms with van der Waals surface area (Å²) in [5.74, 6) is 4.89. The van der Waals surface area contributed by atoms with Gasteiger partial charge in [0.1, 0.15) is 6.04 Å². The molecule has 4 N–H and O–H groups in total. The van der Waals surface area contributed by atoms with E-state index in [1.54, 1.807) is 11.3 Å². The van der Waals surface area contributed by atoms with E-state index in [0.717, 1.165) is 5.56 Å². The van der Waals surface area contributed by atoms with Gasteiger partial charge in [0.15, 0.2) is 0 Å². The first kappa shape index (κ1) is 14.7. The van der Waals surface area contributed by atoms with Crippen molar-refractivity contribution in [3.05, 3.63) is 22.4 Å². The summed E-state index contributed by atoms with van der Waals surface area (Å²) in [5, 5.41) is 6.55. The van der Waals surface area contributed by atoms with Crippen molar-refractivity contribution in [2.24, 2.45) is 11.8 Å². The van der Waals surface area contributed by atoms with Crippen LogP contribution in [0.2, 0.25) is 0 Å². The zero-order valence-electron chi connectivity index (χ0n) is 10.6. The number of rotatable bonds is 6. The third kappa shape index (κ3) is 4.85. The van der Waals surface area contributed by atoms with Crippen LogP contribution in [0.15, 0.2) is 16.8 Å². The molecule has 0 aromatic carbocycles. The molecule has 1 atom stereocenters. The first-order valence-electron chi connectivity index (χ1n) is 5.83. The molecule has 0 saturated carbocycles. The van der Waals surface area contributed by atoms with Crippen molar-refractivity contribution in [3.8, 4) is 0 Å². The van der Waals surface area contributed by atoms with Gasteiger partial charge in [0, 0.05) is 0 Å². The average molecular weight is 269 g/mol. The highest BCUT2D eigenvalue weighted by atomic mass is 32.1. The molecule has 2 amide bonds. The van der Waals surface area contributed by atoms with Crippen LogP contribution in [0.5, 0.6) is 0 Å². The van der Waals surface area contributed by atoms with E-state index in [1.165, 1.54) is 0 Å². The Morgan fingerprint density at radius 1 is 1.44 bits per heavy atom. The van der Waals surface area contributed by atoms with Crippen LogP contribution in [-0.2, 0) is 16.0 Å². The first-order chi connectivity index (χ1) is 8.52. The maximum atomic E-state index is 11.8. The molecule has 0 aliphatic rings. The van der Waals surface area contributed by atoms with Crippen LogP contribution in [-0.4, -0.2) is 17.9 Å². The van der Waals surface area contributed by atoms with Gasteiger partial charge in [-0.2, -0.15) is 11.3 Å². The highest BCUT2D eigenvalue weighted by molar-refractivity contribution is 7.07. The molecular formula is C12H19N3O2S. The highest BCUT2D eigenvalue weighted by Gasteiger charge is 2.21. The van der Waals surface area contributed by atoms with Crippen LogP contribution in [0.3, 0.4) is 0 Å². The minimum Gasteiger partial charge on any atom is -0.344 e. The van der Waals surface area contributed by atoms with Crippen LogP contribution >= 0.6 is 11.3 Å². The minimum absolute atomic E-state index is 0.164. The van der Waals surface area contributed by atoms with Crippen molar-refractivity contribution < 1.29 is 9.59 Å². The number of carbonyl (C=O) groups is 2. The van der Waals surface area contributed by atoms with Crippen LogP contribution in [0.25, 0.3) is 0 Å². The average Bonchev–Trinajstić information content (AvgIpc) is 2.79. The van der Waals surface area contributed by atoms with Crippen molar-refractivity contribution in [1.29, 1.82) is 0 Å². The third-order valence-electron chi connectivity index (χ3n) is 2.45. The van der Waals surface area contributed by atoms with Crippen molar-refractivity contribution in [2.45, 2.75) is 32.7 Å². The fourth-order valence-corrected chi connectivity index (χ4v) is 2.30. The lowest BCUT2D eigenvalue weighted by molar-refractivity contribution is -0.129. The van der Waals surface area contributed by atoms with E-state index in [1.807, 2.05) is 30.7 Å². The van der Waals surface area contributed by atoms with Gasteiger partial charge in [0.25, 0.3) is 5.91 Å². The molecule has 5 nitrogen and oxygen atoms in total. The maximum absolute atomic E-state index is 11.8. The lowest BCUT2D eigenvalue weighted by Crippen LogP contribution is -2.49. The molecule has 0 bridgehead atoms. The zero-order chi connectivity index (χ0) is 13.5. The second kappa shape index (κ2) is 7.13. The summed E-state index contributed by atoms with van der Waals surface area (Å²) >= 11 is 1.54. The lowest BCUT2D eigenvalue weighted by Gasteiger charge is -2.18. The van der Waals surface area contributed by atoms with E-state index >= 15 is 0 Å². The Labute approximate surface area is 111 Å². The smallest absolute Gasteiger partial charge is 0.256 e. The molecule has 1 heterocycles. The largest absolute Gasteiger partial charge is 0.344 e. The predicted molar refractivity (Wildman–Crippen MR) is 71.7 cm³/mol. The molecule has 0 radical (unpaired) electrons. The Hall–Kier alpha value is -1.40. The summed E-state index contributed by atoms with van der Waals surface area (Å²) in [7, 11) is 0. The van der Waals surface area contributed by atoms with Gasteiger partial charge in [0.05, 0.1) is 6.42 Å². The fourth-order valence-electron chi connectivity index (χ4n) is 1.63. The molecule has 0 fully saturated rings. The van der Waals surface area contributed by atoms with Crippen molar-refractivity contribution >= 4 is 23.2 Å². The molecule has 1 unspecified atom stereocenters. The second-order valence-corrected chi connectivity index (χ2v) is 5.35. The molecule has 1 rings (SSSR count). The van der Waals surface area contributed by atoms with Gasteiger partial charge in [-0.15, -0.1) is 0 Å². The summed E-state index contributed by atoms with van der Waals surface area (Å²) in [6.45, 7) is 3.98. The number of thiophene rings is 1. The van der Waals surface area contributed by atoms with Gasteiger partial charge in [-0.25, -0.2) is 5.84 Å². The topological polar surface area (TPSA) is 84.2 Å². The molecule has 1 aromatic rings. The van der Waals surface area contributed by atoms with E-state index in [2.05, 4.69) is 10.7 Å². The normalized spacial score (nSPS) is 12.2. The Balaban J connectivity index is 2.54. The number of carbonyl (C=O) groups excluding carboxylic acids is 2. The Bertz CT molecular complexity index is 390. The molecule has 0 spiro atoms. The van der Waals surface area contributed by atoms with Crippen molar-refractivity contribution in [2.75, 3.05) is 0 Å². The van der Waals surface area contributed by atoms with Crippen LogP contribution in [0.4, 0.5) is 0 Å². The lowest BCUT2D eigenvalue weighted by atomic mass is 10.0. The molecule has 1 aromatic heterocycles. The first-order valence-corrected chi connectivity index (χ1v) is 6.78. The summed E-state index contributed by atoms with van der Waals surface area (Å²) in [5.41, 5.74) is 3.04. The van der Waals surface area contributed by atoms with Crippen LogP contribution < -0.4 is 16.6 Å². The van der Waals surface area contributed by atoms with Gasteiger partial charge in [-0.1, -0.05) is 13.8 Å². The molecule has 18 heavy (non-hydrogen) atoms. The second-order valence-electron chi connectivity index (χ2n) is 4.57. The number of hydrogen-bond acceptors (Lipinski definition) is 4. The Morgan fingerprint density at radius 2 is 2.17 bits per heavy atom. The summed E-state index contributed by atoms with van der Waals surface area (Å²) in [6, 6.07) is 1.33. The molecule has 100 valence electrons. The van der Waals surface area contributed by atoms with E-state index in [0.29, 0.717) is 12.3 Å². The van der Waals surface area contributed by atoms with E-state index in [-0.39, 0.29) is 18.2 Å². The van der Waals surface area contributed by atoms with Crippen LogP contribution in [0.1, 0.15) is 25.8 Å². The molecule has 0 aliphatic heterocycles. The number of nitrogens with one attached hydrogen (secondary N) is 2. The van der Waals surface area contributed by atoms with Crippen molar-refractivity contribution in [1.82, 2.24) is 10.7 Å². The standard InChI is InChI=1S/C12H19N3O2S/c1-8(2)5-10(12(17)15-13)14-11(16)6-9-3-4-18-7-9/h3-4,7-8,10H,5-6,13H2,1-2H3,(H,14,16)(H,15,17). The van der Waals surface area contributed by atoms with Crippen molar-refractivity contribution in [3.63, 3.8) is 0 Å². The van der Waals surface area contributed by atoms with Gasteiger partial charge >= 0.3 is 0 Å². The predicted octanol–water partition coefficient (Wildman–Crippen LogP) is 0.811. The van der Waals surface area contributed by atoms with Gasteiger partial charge in [-0.05, 0) is 34.7 Å². The molecule has 0 aliphatic carbocycles. The van der Waals surface area contributed by atoms with Gasteiger partial charge in [0.2, 0.25) is 5.91 Å². The summed E-state index contributed by atoms with van der Waals surface area (Å²) in [4.78, 5) is 23.3. The Morgan fingerprint density at radius 3 is 2.67 bits per heavy atom. The third-order valence-corrected chi connectivity index (χ3v) is 3.18. The molecular weight excluding hydrogens is 250 g/mol. The summed E-state index contributed by atoms with van der Waals surface area (Å²) in [6.07, 6.45) is 0.856. The van der Waals surface area contributed by atoms with E-state index in [4.69, 9.17) is 5.84 Å². The number of hydrazine groups is 1. The van der Waals surface area contributed by atoms with Crippen LogP contribution in [0, 0.1) is 5.92 Å². The Kier molecular flexibility index (Phi) is 5.80. The zero-order valence-corrected chi connectivity index (χ0v) is 11.4. The number of amides is 2. The SMILES string of the molecule is CC(C)CC(NC(=O)Cc1ccsc1)C(=O)NN. The number of nitrogens with two attached hydrogens (primary N) is 1. The minimum atomic E-state index is -0.568.